The Hall–Kier alpha value is -2.12. The lowest BCUT2D eigenvalue weighted by Crippen LogP contribution is -2.42. The van der Waals surface area contributed by atoms with E-state index in [1.807, 2.05) is 18.2 Å². The van der Waals surface area contributed by atoms with E-state index in [0.717, 1.165) is 38.5 Å². The van der Waals surface area contributed by atoms with Gasteiger partial charge in [0.05, 0.1) is 20.3 Å². The predicted octanol–water partition coefficient (Wildman–Crippen LogP) is 0.887. The minimum Gasteiger partial charge on any atom is -0.497 e. The van der Waals surface area contributed by atoms with E-state index in [-0.39, 0.29) is 18.2 Å². The molecule has 1 saturated heterocycles. The fourth-order valence-corrected chi connectivity index (χ4v) is 2.73. The van der Waals surface area contributed by atoms with Crippen molar-refractivity contribution in [3.8, 4) is 5.75 Å². The number of carbonyl (C=O) groups is 2. The highest BCUT2D eigenvalue weighted by Gasteiger charge is 2.15. The average molecular weight is 349 g/mol. The number of nitrogens with zero attached hydrogens (tertiary/aromatic N) is 2. The molecule has 0 unspecified atom stereocenters. The highest BCUT2D eigenvalue weighted by molar-refractivity contribution is 5.92. The molecule has 25 heavy (non-hydrogen) atoms. The van der Waals surface area contributed by atoms with Crippen molar-refractivity contribution in [3.63, 3.8) is 0 Å². The van der Waals surface area contributed by atoms with Crippen LogP contribution in [0.25, 0.3) is 0 Å². The van der Waals surface area contributed by atoms with Crippen LogP contribution in [0.1, 0.15) is 13.3 Å². The maximum absolute atomic E-state index is 12.0. The number of morpholine rings is 1. The predicted molar refractivity (Wildman–Crippen MR) is 95.9 cm³/mol. The summed E-state index contributed by atoms with van der Waals surface area (Å²) in [5.41, 5.74) is 0.730. The Labute approximate surface area is 148 Å². The minimum atomic E-state index is -0.102. The zero-order valence-electron chi connectivity index (χ0n) is 15.0. The summed E-state index contributed by atoms with van der Waals surface area (Å²) >= 11 is 0. The molecule has 0 aliphatic carbocycles. The number of amides is 2. The highest BCUT2D eigenvalue weighted by Crippen LogP contribution is 2.21. The Morgan fingerprint density at radius 2 is 2.08 bits per heavy atom. The molecule has 7 nitrogen and oxygen atoms in total. The summed E-state index contributed by atoms with van der Waals surface area (Å²) in [6, 6.07) is 7.27. The lowest BCUT2D eigenvalue weighted by atomic mass is 10.2. The SMILES string of the molecule is COc1cccc(N(CCC(=O)NCCN2CCOCC2)C(C)=O)c1. The molecule has 0 bridgehead atoms. The van der Waals surface area contributed by atoms with Crippen LogP contribution in [0, 0.1) is 0 Å². The van der Waals surface area contributed by atoms with Crippen molar-refractivity contribution in [1.82, 2.24) is 10.2 Å². The number of anilines is 1. The van der Waals surface area contributed by atoms with Crippen molar-refractivity contribution in [2.45, 2.75) is 13.3 Å². The molecule has 0 aromatic heterocycles. The molecule has 7 heteroatoms. The zero-order valence-corrected chi connectivity index (χ0v) is 15.0. The summed E-state index contributed by atoms with van der Waals surface area (Å²) in [5.74, 6) is 0.524. The van der Waals surface area contributed by atoms with Gasteiger partial charge in [0.2, 0.25) is 11.8 Å². The molecule has 1 aromatic carbocycles. The highest BCUT2D eigenvalue weighted by atomic mass is 16.5. The third-order valence-electron chi connectivity index (χ3n) is 4.16. The van der Waals surface area contributed by atoms with Crippen LogP contribution in [0.2, 0.25) is 0 Å². The van der Waals surface area contributed by atoms with Crippen LogP contribution in [-0.4, -0.2) is 69.8 Å². The number of rotatable bonds is 8. The first-order chi connectivity index (χ1) is 12.1. The van der Waals surface area contributed by atoms with Gasteiger partial charge in [0.15, 0.2) is 0 Å². The average Bonchev–Trinajstić information content (AvgIpc) is 2.62. The van der Waals surface area contributed by atoms with Crippen molar-refractivity contribution in [2.24, 2.45) is 0 Å². The van der Waals surface area contributed by atoms with Gasteiger partial charge in [0.25, 0.3) is 0 Å². The van der Waals surface area contributed by atoms with Gasteiger partial charge in [0, 0.05) is 57.8 Å². The minimum absolute atomic E-state index is 0.0533. The van der Waals surface area contributed by atoms with Crippen molar-refractivity contribution < 1.29 is 19.1 Å². The quantitative estimate of drug-likeness (QED) is 0.755. The van der Waals surface area contributed by atoms with Gasteiger partial charge in [-0.25, -0.2) is 0 Å². The molecule has 1 aromatic rings. The third-order valence-corrected chi connectivity index (χ3v) is 4.16. The van der Waals surface area contributed by atoms with Crippen LogP contribution in [0.15, 0.2) is 24.3 Å². The van der Waals surface area contributed by atoms with E-state index in [1.54, 1.807) is 18.1 Å². The topological polar surface area (TPSA) is 71.1 Å². The largest absolute Gasteiger partial charge is 0.497 e. The van der Waals surface area contributed by atoms with E-state index >= 15 is 0 Å². The number of carbonyl (C=O) groups excluding carboxylic acids is 2. The number of hydrogen-bond acceptors (Lipinski definition) is 5. The standard InChI is InChI=1S/C18H27N3O4/c1-15(22)21(16-4-3-5-17(14-16)24-2)8-6-18(23)19-7-9-20-10-12-25-13-11-20/h3-5,14H,6-13H2,1-2H3,(H,19,23). The fourth-order valence-electron chi connectivity index (χ4n) is 2.73. The first-order valence-electron chi connectivity index (χ1n) is 8.59. The first kappa shape index (κ1) is 19.2. The second kappa shape index (κ2) is 10.0. The second-order valence-corrected chi connectivity index (χ2v) is 5.93. The number of nitrogens with one attached hydrogen (secondary N) is 1. The molecule has 0 saturated carbocycles. The summed E-state index contributed by atoms with van der Waals surface area (Å²) in [7, 11) is 1.58. The molecule has 2 amide bonds. The maximum atomic E-state index is 12.0. The van der Waals surface area contributed by atoms with Gasteiger partial charge < -0.3 is 19.7 Å². The van der Waals surface area contributed by atoms with Crippen LogP contribution in [0.3, 0.4) is 0 Å². The van der Waals surface area contributed by atoms with Gasteiger partial charge in [-0.2, -0.15) is 0 Å². The zero-order chi connectivity index (χ0) is 18.1. The molecule has 1 heterocycles. The Kier molecular flexibility index (Phi) is 7.69. The monoisotopic (exact) mass is 349 g/mol. The smallest absolute Gasteiger partial charge is 0.223 e. The van der Waals surface area contributed by atoms with Crippen molar-refractivity contribution in [1.29, 1.82) is 0 Å². The van der Waals surface area contributed by atoms with Gasteiger partial charge in [0.1, 0.15) is 5.75 Å². The maximum Gasteiger partial charge on any atom is 0.223 e. The number of methoxy groups -OCH3 is 1. The van der Waals surface area contributed by atoms with E-state index < -0.39 is 0 Å². The van der Waals surface area contributed by atoms with Crippen LogP contribution < -0.4 is 15.0 Å². The summed E-state index contributed by atoms with van der Waals surface area (Å²) < 4.78 is 10.5. The molecule has 1 aliphatic heterocycles. The summed E-state index contributed by atoms with van der Waals surface area (Å²) in [6.07, 6.45) is 0.264. The molecule has 0 atom stereocenters. The van der Waals surface area contributed by atoms with Crippen molar-refractivity contribution in [3.05, 3.63) is 24.3 Å². The normalized spacial score (nSPS) is 14.8. The molecule has 1 fully saturated rings. The molecule has 138 valence electrons. The Morgan fingerprint density at radius 3 is 2.76 bits per heavy atom. The van der Waals surface area contributed by atoms with E-state index in [0.29, 0.717) is 18.8 Å². The van der Waals surface area contributed by atoms with Gasteiger partial charge in [-0.3, -0.25) is 14.5 Å². The molecular formula is C18H27N3O4. The molecule has 1 aliphatic rings. The van der Waals surface area contributed by atoms with E-state index in [9.17, 15) is 9.59 Å². The number of ether oxygens (including phenoxy) is 2. The van der Waals surface area contributed by atoms with E-state index in [1.165, 1.54) is 6.92 Å². The lowest BCUT2D eigenvalue weighted by molar-refractivity contribution is -0.121. The third kappa shape index (κ3) is 6.36. The van der Waals surface area contributed by atoms with Crippen LogP contribution >= 0.6 is 0 Å². The Balaban J connectivity index is 1.77. The van der Waals surface area contributed by atoms with Gasteiger partial charge >= 0.3 is 0 Å². The molecule has 2 rings (SSSR count). The van der Waals surface area contributed by atoms with E-state index in [2.05, 4.69) is 10.2 Å². The van der Waals surface area contributed by atoms with Gasteiger partial charge in [-0.05, 0) is 12.1 Å². The molecular weight excluding hydrogens is 322 g/mol. The number of benzene rings is 1. The Bertz CT molecular complexity index is 573. The van der Waals surface area contributed by atoms with E-state index in [4.69, 9.17) is 9.47 Å². The van der Waals surface area contributed by atoms with Gasteiger partial charge in [-0.1, -0.05) is 6.07 Å². The second-order valence-electron chi connectivity index (χ2n) is 5.93. The summed E-state index contributed by atoms with van der Waals surface area (Å²) in [6.45, 7) is 6.58. The van der Waals surface area contributed by atoms with Crippen LogP contribution in [0.5, 0.6) is 5.75 Å². The van der Waals surface area contributed by atoms with Crippen molar-refractivity contribution in [2.75, 3.05) is 57.9 Å². The fraction of sp³-hybridized carbons (Fsp3) is 0.556. The van der Waals surface area contributed by atoms with Crippen LogP contribution in [-0.2, 0) is 14.3 Å². The molecule has 0 spiro atoms. The number of hydrogen-bond donors (Lipinski definition) is 1. The first-order valence-corrected chi connectivity index (χ1v) is 8.59. The molecule has 1 N–H and O–H groups in total. The summed E-state index contributed by atoms with van der Waals surface area (Å²) in [5, 5.41) is 2.91. The Morgan fingerprint density at radius 1 is 1.32 bits per heavy atom. The lowest BCUT2D eigenvalue weighted by Gasteiger charge is -2.26. The summed E-state index contributed by atoms with van der Waals surface area (Å²) in [4.78, 5) is 27.8. The molecule has 0 radical (unpaired) electrons. The van der Waals surface area contributed by atoms with Crippen LogP contribution in [0.4, 0.5) is 5.69 Å². The van der Waals surface area contributed by atoms with Gasteiger partial charge in [-0.15, -0.1) is 0 Å². The van der Waals surface area contributed by atoms with Crippen molar-refractivity contribution >= 4 is 17.5 Å².